The number of nitriles is 1. The molecule has 0 spiro atoms. The van der Waals surface area contributed by atoms with Gasteiger partial charge in [0.1, 0.15) is 32.2 Å². The molecule has 7 fully saturated rings. The molecule has 8 amide bonds. The highest BCUT2D eigenvalue weighted by Gasteiger charge is 2.44. The first-order valence-corrected chi connectivity index (χ1v) is 45.0. The number of hydrogen-bond acceptors (Lipinski definition) is 21. The number of aliphatic hydroxyl groups is 4. The largest absolute Gasteiger partial charge is 0.416 e. The monoisotopic (exact) mass is 1910 g/mol. The average Bonchev–Trinajstić information content (AvgIpc) is 1.61. The Labute approximate surface area is 782 Å². The molecule has 0 radical (unpaired) electrons. The number of aryl methyl sites for hydroxylation is 1. The summed E-state index contributed by atoms with van der Waals surface area (Å²) in [5.41, 5.74) is 6.30. The first-order valence-electron chi connectivity index (χ1n) is 45.0. The van der Waals surface area contributed by atoms with Crippen LogP contribution in [0.1, 0.15) is 166 Å². The van der Waals surface area contributed by atoms with Crippen LogP contribution in [0, 0.1) is 22.6 Å². The molecule has 8 N–H and O–H groups in total. The van der Waals surface area contributed by atoms with Crippen LogP contribution in [0.3, 0.4) is 0 Å². The maximum atomic E-state index is 13.9. The van der Waals surface area contributed by atoms with Crippen LogP contribution in [0.2, 0.25) is 0 Å². The minimum absolute atomic E-state index is 0.00182. The topological polar surface area (TPSA) is 411 Å². The highest BCUT2D eigenvalue weighted by Crippen LogP contribution is 2.48. The molecule has 12 aromatic rings. The number of morpholine rings is 4. The lowest BCUT2D eigenvalue weighted by Crippen LogP contribution is -2.41. The molecule has 0 bridgehead atoms. The maximum absolute atomic E-state index is 13.9. The number of aliphatic hydroxyl groups excluding tert-OH is 4. The lowest BCUT2D eigenvalue weighted by Gasteiger charge is -2.28. The van der Waals surface area contributed by atoms with Gasteiger partial charge in [0.25, 0.3) is 60.1 Å². The summed E-state index contributed by atoms with van der Waals surface area (Å²) in [6.07, 6.45) is -2.52. The van der Waals surface area contributed by atoms with Gasteiger partial charge in [-0.25, -0.2) is 41.9 Å². The van der Waals surface area contributed by atoms with Crippen LogP contribution in [0.25, 0.3) is 44.1 Å². The smallest absolute Gasteiger partial charge is 0.396 e. The van der Waals surface area contributed by atoms with Crippen LogP contribution >= 0.6 is 0 Å². The average molecular weight is 1910 g/mol. The molecule has 722 valence electrons. The Morgan fingerprint density at radius 1 is 0.449 bits per heavy atom. The number of benzene rings is 8. The second-order valence-electron chi connectivity index (χ2n) is 34.4. The molecule has 19 rings (SSSR count). The van der Waals surface area contributed by atoms with Gasteiger partial charge in [-0.2, -0.15) is 18.4 Å². The molecule has 8 aromatic carbocycles. The predicted molar refractivity (Wildman–Crippen MR) is 491 cm³/mol. The summed E-state index contributed by atoms with van der Waals surface area (Å²) >= 11 is 0. The summed E-state index contributed by atoms with van der Waals surface area (Å²) in [6, 6.07) is 42.6. The predicted octanol–water partition coefficient (Wildman–Crippen LogP) is 14.0. The van der Waals surface area contributed by atoms with Gasteiger partial charge in [-0.05, 0) is 211 Å². The van der Waals surface area contributed by atoms with E-state index in [1.54, 1.807) is 78.8 Å². The van der Waals surface area contributed by atoms with Gasteiger partial charge in [-0.15, -0.1) is 0 Å². The molecule has 0 unspecified atom stereocenters. The van der Waals surface area contributed by atoms with Crippen molar-refractivity contribution in [2.75, 3.05) is 133 Å². The van der Waals surface area contributed by atoms with Crippen molar-refractivity contribution in [2.24, 2.45) is 5.41 Å². The molecule has 4 saturated heterocycles. The molecule has 4 aliphatic heterocycles. The Hall–Kier alpha value is -14.0. The molecular weight excluding hydrogens is 1810 g/mol. The van der Waals surface area contributed by atoms with Crippen molar-refractivity contribution in [3.63, 3.8) is 0 Å². The molecule has 138 heavy (non-hydrogen) atoms. The van der Waals surface area contributed by atoms with E-state index in [1.807, 2.05) is 56.2 Å². The lowest BCUT2D eigenvalue weighted by molar-refractivity contribution is -0.138. The number of fused-ring (bicyclic) bond motifs is 4. The lowest BCUT2D eigenvalue weighted by atomic mass is 9.93. The summed E-state index contributed by atoms with van der Waals surface area (Å²) in [4.78, 5) is 126. The second-order valence-corrected chi connectivity index (χ2v) is 34.4. The van der Waals surface area contributed by atoms with Crippen molar-refractivity contribution in [2.45, 2.75) is 133 Å². The van der Waals surface area contributed by atoms with Gasteiger partial charge in [-0.3, -0.25) is 59.6 Å². The summed E-state index contributed by atoms with van der Waals surface area (Å²) < 4.78 is 134. The zero-order chi connectivity index (χ0) is 97.2. The number of carbonyl (C=O) groups is 8. The summed E-state index contributed by atoms with van der Waals surface area (Å²) in [7, 11) is 0. The Morgan fingerprint density at radius 2 is 0.819 bits per heavy atom. The van der Waals surface area contributed by atoms with Crippen LogP contribution in [0.15, 0.2) is 164 Å². The van der Waals surface area contributed by atoms with Crippen molar-refractivity contribution in [3.8, 4) is 6.07 Å². The van der Waals surface area contributed by atoms with E-state index in [1.165, 1.54) is 42.5 Å². The summed E-state index contributed by atoms with van der Waals surface area (Å²) in [6.45, 7) is 4.27. The fourth-order valence-corrected chi connectivity index (χ4v) is 17.6. The van der Waals surface area contributed by atoms with Gasteiger partial charge < -0.3 is 77.2 Å². The number of rotatable bonds is 23. The number of imidazole rings is 4. The number of ether oxygens (including phenoxy) is 4. The molecule has 4 aromatic heterocycles. The Balaban J connectivity index is 0.000000133. The SMILES string of the molecule is N#Cc1cccc(C(=O)Nc2nc3cc(N4CCOCC4=O)ccc3n2C2CCC(O)CC2)c1.O=C(Nc1nc2cc(N3CCOCC3=O)ccc2n1C1CCC(O)CC1)c1cccc(C(F)F)c1.O=C(Nc1nc2cc(N3CCOCC3=O)ccc2n1CC1(CO)CC1)c1cc(F)cc(C(F)(F)F)c1.O=C(Nc1nc2cc(N3CCOCC3=O)ccc2n1CCCCO)c1cccc(C(F)F)c1. The zero-order valence-corrected chi connectivity index (χ0v) is 74.4. The van der Waals surface area contributed by atoms with Gasteiger partial charge >= 0.3 is 6.18 Å². The van der Waals surface area contributed by atoms with Crippen LogP contribution < -0.4 is 40.9 Å². The fraction of sp³-hybridized carbons (Fsp3) is 0.371. The third-order valence-corrected chi connectivity index (χ3v) is 25.1. The molecule has 0 atom stereocenters. The molecule has 41 heteroatoms. The zero-order valence-electron chi connectivity index (χ0n) is 74.4. The normalized spacial score (nSPS) is 18.4. The number of nitrogens with one attached hydrogen (secondary N) is 4. The van der Waals surface area contributed by atoms with Crippen molar-refractivity contribution in [1.29, 1.82) is 5.26 Å². The van der Waals surface area contributed by atoms with Crippen LogP contribution in [0.4, 0.5) is 81.7 Å². The van der Waals surface area contributed by atoms with Gasteiger partial charge in [0.05, 0.1) is 107 Å². The minimum Gasteiger partial charge on any atom is -0.396 e. The second kappa shape index (κ2) is 42.7. The summed E-state index contributed by atoms with van der Waals surface area (Å²) in [5.74, 6) is -3.17. The molecule has 8 heterocycles. The van der Waals surface area contributed by atoms with Gasteiger partial charge in [0, 0.05) is 120 Å². The first kappa shape index (κ1) is 97.1. The van der Waals surface area contributed by atoms with E-state index in [9.17, 15) is 88.8 Å². The number of unbranched alkanes of at least 4 members (excludes halogenated alkanes) is 1. The Bertz CT molecular complexity index is 6620. The van der Waals surface area contributed by atoms with Gasteiger partial charge in [0.15, 0.2) is 0 Å². The molecule has 3 saturated carbocycles. The maximum Gasteiger partial charge on any atom is 0.416 e. The van der Waals surface area contributed by atoms with E-state index in [0.717, 1.165) is 60.1 Å². The fourth-order valence-electron chi connectivity index (χ4n) is 17.6. The number of anilines is 8. The highest BCUT2D eigenvalue weighted by molar-refractivity contribution is 6.08. The molecule has 33 nitrogen and oxygen atoms in total. The van der Waals surface area contributed by atoms with E-state index in [-0.39, 0.29) is 128 Å². The third-order valence-electron chi connectivity index (χ3n) is 25.1. The molecule has 7 aliphatic rings. The minimum atomic E-state index is -4.82. The van der Waals surface area contributed by atoms with Gasteiger partial charge in [-0.1, -0.05) is 30.3 Å². The number of amides is 8. The van der Waals surface area contributed by atoms with Crippen molar-refractivity contribution in [1.82, 2.24) is 38.2 Å². The van der Waals surface area contributed by atoms with Crippen LogP contribution in [-0.4, -0.2) is 210 Å². The highest BCUT2D eigenvalue weighted by atomic mass is 19.4. The van der Waals surface area contributed by atoms with Gasteiger partial charge in [0.2, 0.25) is 23.8 Å². The quantitative estimate of drug-likeness (QED) is 0.0218. The van der Waals surface area contributed by atoms with Crippen molar-refractivity contribution < 1.29 is 113 Å². The number of hydrogen-bond donors (Lipinski definition) is 8. The standard InChI is InChI=1S/C25H26F2N4O4.C25H25N5O4.C24H22F4N4O4.C23H24F2N4O4/c26-23(27)15-2-1-3-16(12-15)24(34)29-25-28-20-13-18(30-10-11-35-14-22(30)33)6-9-21(20)31(25)17-4-7-19(32)8-5-17;26-14-16-2-1-3-17(12-16)24(33)28-25-27-21-13-19(29-10-11-34-15-23(29)32)6-9-22(21)30(25)18-4-7-20(31)8-5-18;25-16-8-14(7-15(9-16)24(26,27)28)21(35)30-22-29-18-10-17(31-5-6-36-11-20(31)34)1-2-19(18)32(22)12-23(13-33)3-4-23;24-21(25)15-4-3-5-16(12-15)22(32)27-23-26-18-13-17(28-9-11-33-14-20(28)31)6-7-19(18)29(23)8-1-2-10-30/h1-3,6,9,12-13,17,19,23,32H,4-5,7-8,10-11,14H2,(H,28,29,34);1-3,6,9,12-13,18,20,31H,4-5,7-8,10-11,15H2,(H,27,28,33);1-2,7-10,33H,3-6,11-13H2,(H,29,30,35);3-7,12-13,21,30H,1-2,8-11,14H2,(H,26,27,32). The van der Waals surface area contributed by atoms with E-state index in [4.69, 9.17) is 34.3 Å². The van der Waals surface area contributed by atoms with Crippen molar-refractivity contribution in [3.05, 3.63) is 214 Å². The first-order chi connectivity index (χ1) is 66.5. The van der Waals surface area contributed by atoms with Crippen LogP contribution in [-0.2, 0) is 57.4 Å². The Morgan fingerprint density at radius 3 is 1.20 bits per heavy atom. The van der Waals surface area contributed by atoms with E-state index in [0.29, 0.717) is 197 Å². The molecule has 3 aliphatic carbocycles. The third kappa shape index (κ3) is 22.5. The number of halogens is 8. The summed E-state index contributed by atoms with van der Waals surface area (Å²) in [5, 5.41) is 59.1. The van der Waals surface area contributed by atoms with E-state index < -0.39 is 59.1 Å². The van der Waals surface area contributed by atoms with Crippen LogP contribution in [0.5, 0.6) is 0 Å². The number of carbonyl (C=O) groups excluding carboxylic acids is 8. The number of nitrogens with zero attached hydrogens (tertiary/aromatic N) is 13. The van der Waals surface area contributed by atoms with E-state index in [2.05, 4.69) is 42.3 Å². The Kier molecular flexibility index (Phi) is 30.1. The number of alkyl halides is 7. The molecular formula is C97H97F8N17O16. The number of aromatic nitrogens is 8. The van der Waals surface area contributed by atoms with Crippen molar-refractivity contribution >= 4 is 138 Å². The van der Waals surface area contributed by atoms with E-state index >= 15 is 0 Å².